The Morgan fingerprint density at radius 1 is 1.26 bits per heavy atom. The van der Waals surface area contributed by atoms with Crippen molar-refractivity contribution in [1.29, 1.82) is 0 Å². The monoisotopic (exact) mass is 270 g/mol. The number of benzene rings is 1. The van der Waals surface area contributed by atoms with Crippen LogP contribution in [0.1, 0.15) is 11.6 Å². The summed E-state index contributed by atoms with van der Waals surface area (Å²) in [5.74, 6) is 0. The van der Waals surface area contributed by atoms with Crippen molar-refractivity contribution in [3.63, 3.8) is 0 Å². The van der Waals surface area contributed by atoms with Gasteiger partial charge in [-0.3, -0.25) is 4.90 Å². The second kappa shape index (κ2) is 4.43. The van der Waals surface area contributed by atoms with Gasteiger partial charge in [0.25, 0.3) is 0 Å². The average molecular weight is 270 g/mol. The summed E-state index contributed by atoms with van der Waals surface area (Å²) in [6.45, 7) is 3.16. The molecule has 1 saturated heterocycles. The number of fused-ring (bicyclic) bond motifs is 1. The third-order valence-corrected chi connectivity index (χ3v) is 4.72. The Hall–Kier alpha value is -1.72. The number of hydrogen-bond donors (Lipinski definition) is 0. The van der Waals surface area contributed by atoms with E-state index in [2.05, 4.69) is 44.9 Å². The molecule has 0 unspecified atom stereocenters. The van der Waals surface area contributed by atoms with Gasteiger partial charge in [0.1, 0.15) is 0 Å². The fourth-order valence-electron chi connectivity index (χ4n) is 2.65. The maximum absolute atomic E-state index is 4.06. The maximum Gasteiger partial charge on any atom is 0.0790 e. The van der Waals surface area contributed by atoms with Crippen LogP contribution in [0.15, 0.2) is 42.0 Å². The van der Waals surface area contributed by atoms with Gasteiger partial charge < -0.3 is 0 Å². The van der Waals surface area contributed by atoms with E-state index in [1.54, 1.807) is 6.20 Å². The lowest BCUT2D eigenvalue weighted by molar-refractivity contribution is 0.0902. The zero-order valence-electron chi connectivity index (χ0n) is 10.4. The highest BCUT2D eigenvalue weighted by Gasteiger charge is 2.28. The van der Waals surface area contributed by atoms with Crippen molar-refractivity contribution in [3.8, 4) is 0 Å². The predicted molar refractivity (Wildman–Crippen MR) is 76.2 cm³/mol. The summed E-state index contributed by atoms with van der Waals surface area (Å²) < 4.78 is 3.34. The van der Waals surface area contributed by atoms with E-state index in [9.17, 15) is 0 Å². The molecule has 3 heterocycles. The lowest BCUT2D eigenvalue weighted by Crippen LogP contribution is -2.47. The third kappa shape index (κ3) is 1.95. The molecule has 3 aromatic rings. The summed E-state index contributed by atoms with van der Waals surface area (Å²) in [6.07, 6.45) is 3.69. The summed E-state index contributed by atoms with van der Waals surface area (Å²) in [6, 6.07) is 9.13. The molecule has 0 saturated carbocycles. The van der Waals surface area contributed by atoms with Crippen molar-refractivity contribution in [1.82, 2.24) is 19.9 Å². The molecule has 0 amide bonds. The molecule has 0 spiro atoms. The van der Waals surface area contributed by atoms with Crippen molar-refractivity contribution < 1.29 is 0 Å². The summed E-state index contributed by atoms with van der Waals surface area (Å²) in [5.41, 5.74) is 1.44. The van der Waals surface area contributed by atoms with Crippen molar-refractivity contribution in [3.05, 3.63) is 47.6 Å². The Morgan fingerprint density at radius 3 is 3.00 bits per heavy atom. The SMILES string of the molecule is c1ccc2c(CN3CC(n4ccnn4)C3)csc2c1. The largest absolute Gasteiger partial charge is 0.295 e. The first-order valence-electron chi connectivity index (χ1n) is 6.43. The Morgan fingerprint density at radius 2 is 2.16 bits per heavy atom. The van der Waals surface area contributed by atoms with E-state index < -0.39 is 0 Å². The number of rotatable bonds is 3. The van der Waals surface area contributed by atoms with Crippen molar-refractivity contribution in [2.24, 2.45) is 0 Å². The molecule has 1 aromatic carbocycles. The molecule has 4 rings (SSSR count). The van der Waals surface area contributed by atoms with Gasteiger partial charge in [-0.25, -0.2) is 4.68 Å². The van der Waals surface area contributed by atoms with Crippen LogP contribution in [0.25, 0.3) is 10.1 Å². The topological polar surface area (TPSA) is 34.0 Å². The predicted octanol–water partition coefficient (Wildman–Crippen LogP) is 2.55. The number of aromatic nitrogens is 3. The number of nitrogens with zero attached hydrogens (tertiary/aromatic N) is 4. The maximum atomic E-state index is 4.06. The number of thiophene rings is 1. The fourth-order valence-corrected chi connectivity index (χ4v) is 3.60. The first-order chi connectivity index (χ1) is 9.40. The second-order valence-electron chi connectivity index (χ2n) is 4.99. The Labute approximate surface area is 115 Å². The molecular weight excluding hydrogens is 256 g/mol. The Bertz CT molecular complexity index is 682. The summed E-state index contributed by atoms with van der Waals surface area (Å²) >= 11 is 1.83. The molecular formula is C14H14N4S. The standard InChI is InChI=1S/C14H14N4S/c1-2-4-14-13(3-1)11(10-19-14)7-17-8-12(9-17)18-6-5-15-16-18/h1-6,10,12H,7-9H2. The molecule has 1 aliphatic heterocycles. The first kappa shape index (κ1) is 11.1. The van der Waals surface area contributed by atoms with Gasteiger partial charge >= 0.3 is 0 Å². The van der Waals surface area contributed by atoms with Gasteiger partial charge in [0.2, 0.25) is 0 Å². The molecule has 0 bridgehead atoms. The lowest BCUT2D eigenvalue weighted by atomic mass is 10.1. The van der Waals surface area contributed by atoms with Gasteiger partial charge in [-0.2, -0.15) is 0 Å². The smallest absolute Gasteiger partial charge is 0.0790 e. The summed E-state index contributed by atoms with van der Waals surface area (Å²) in [5, 5.41) is 11.6. The zero-order valence-corrected chi connectivity index (χ0v) is 11.3. The number of hydrogen-bond acceptors (Lipinski definition) is 4. The van der Waals surface area contributed by atoms with E-state index in [1.807, 2.05) is 22.2 Å². The van der Waals surface area contributed by atoms with Gasteiger partial charge in [0, 0.05) is 30.5 Å². The normalized spacial score (nSPS) is 16.8. The number of likely N-dealkylation sites (tertiary alicyclic amines) is 1. The van der Waals surface area contributed by atoms with E-state index in [4.69, 9.17) is 0 Å². The van der Waals surface area contributed by atoms with E-state index in [0.717, 1.165) is 19.6 Å². The summed E-state index contributed by atoms with van der Waals surface area (Å²) in [7, 11) is 0. The minimum atomic E-state index is 0.493. The van der Waals surface area contributed by atoms with Crippen LogP contribution < -0.4 is 0 Å². The van der Waals surface area contributed by atoms with Crippen molar-refractivity contribution in [2.45, 2.75) is 12.6 Å². The third-order valence-electron chi connectivity index (χ3n) is 3.71. The molecule has 1 fully saturated rings. The fraction of sp³-hybridized carbons (Fsp3) is 0.286. The average Bonchev–Trinajstić information content (AvgIpc) is 3.03. The zero-order chi connectivity index (χ0) is 12.7. The van der Waals surface area contributed by atoms with E-state index in [0.29, 0.717) is 6.04 Å². The summed E-state index contributed by atoms with van der Waals surface area (Å²) in [4.78, 5) is 2.46. The van der Waals surface area contributed by atoms with Crippen LogP contribution in [0.2, 0.25) is 0 Å². The van der Waals surface area contributed by atoms with Crippen LogP contribution in [0, 0.1) is 0 Å². The molecule has 96 valence electrons. The molecule has 4 nitrogen and oxygen atoms in total. The highest BCUT2D eigenvalue weighted by atomic mass is 32.1. The van der Waals surface area contributed by atoms with E-state index in [1.165, 1.54) is 15.6 Å². The molecule has 0 radical (unpaired) electrons. The lowest BCUT2D eigenvalue weighted by Gasteiger charge is -2.38. The molecule has 19 heavy (non-hydrogen) atoms. The molecule has 2 aromatic heterocycles. The van der Waals surface area contributed by atoms with Crippen molar-refractivity contribution >= 4 is 21.4 Å². The quantitative estimate of drug-likeness (QED) is 0.733. The van der Waals surface area contributed by atoms with Crippen molar-refractivity contribution in [2.75, 3.05) is 13.1 Å². The van der Waals surface area contributed by atoms with Gasteiger partial charge in [-0.05, 0) is 22.4 Å². The molecule has 0 N–H and O–H groups in total. The van der Waals surface area contributed by atoms with E-state index in [-0.39, 0.29) is 0 Å². The Balaban J connectivity index is 1.46. The molecule has 0 atom stereocenters. The van der Waals surface area contributed by atoms with Gasteiger partial charge in [-0.1, -0.05) is 23.4 Å². The Kier molecular flexibility index (Phi) is 2.60. The van der Waals surface area contributed by atoms with Crippen LogP contribution >= 0.6 is 11.3 Å². The second-order valence-corrected chi connectivity index (χ2v) is 5.90. The molecule has 1 aliphatic rings. The van der Waals surface area contributed by atoms with Crippen LogP contribution in [-0.4, -0.2) is 33.0 Å². The van der Waals surface area contributed by atoms with Crippen LogP contribution in [-0.2, 0) is 6.54 Å². The minimum Gasteiger partial charge on any atom is -0.295 e. The van der Waals surface area contributed by atoms with Crippen LogP contribution in [0.4, 0.5) is 0 Å². The van der Waals surface area contributed by atoms with Gasteiger partial charge in [0.05, 0.1) is 12.2 Å². The molecule has 5 heteroatoms. The highest BCUT2D eigenvalue weighted by molar-refractivity contribution is 7.17. The molecule has 0 aliphatic carbocycles. The first-order valence-corrected chi connectivity index (χ1v) is 7.31. The van der Waals surface area contributed by atoms with Gasteiger partial charge in [-0.15, -0.1) is 16.4 Å². The van der Waals surface area contributed by atoms with Crippen LogP contribution in [0.3, 0.4) is 0 Å². The van der Waals surface area contributed by atoms with Gasteiger partial charge in [0.15, 0.2) is 0 Å². The van der Waals surface area contributed by atoms with E-state index >= 15 is 0 Å². The minimum absolute atomic E-state index is 0.493. The highest BCUT2D eigenvalue weighted by Crippen LogP contribution is 2.29. The van der Waals surface area contributed by atoms with Crippen LogP contribution in [0.5, 0.6) is 0 Å².